The molecule has 1 aliphatic heterocycles. The van der Waals surface area contributed by atoms with E-state index < -0.39 is 15.6 Å². The Bertz CT molecular complexity index is 1540. The lowest BCUT2D eigenvalue weighted by Gasteiger charge is -2.41. The predicted molar refractivity (Wildman–Crippen MR) is 155 cm³/mol. The quantitative estimate of drug-likeness (QED) is 0.398. The largest absolute Gasteiger partial charge is 0.491 e. The summed E-state index contributed by atoms with van der Waals surface area (Å²) in [6.07, 6.45) is 7.33. The summed E-state index contributed by atoms with van der Waals surface area (Å²) in [5.41, 5.74) is 3.78. The molecule has 2 atom stereocenters. The van der Waals surface area contributed by atoms with Gasteiger partial charge in [0.15, 0.2) is 0 Å². The Kier molecular flexibility index (Phi) is 6.83. The lowest BCUT2D eigenvalue weighted by molar-refractivity contribution is 0.0566. The van der Waals surface area contributed by atoms with Crippen LogP contribution in [-0.4, -0.2) is 66.1 Å². The molecule has 200 valence electrons. The Hall–Kier alpha value is -3.21. The van der Waals surface area contributed by atoms with E-state index in [0.717, 1.165) is 64.3 Å². The van der Waals surface area contributed by atoms with E-state index in [9.17, 15) is 13.2 Å². The molecule has 2 aromatic carbocycles. The fourth-order valence-corrected chi connectivity index (χ4v) is 6.96. The number of anilines is 1. The number of aromatic nitrogens is 1. The third-order valence-electron chi connectivity index (χ3n) is 7.66. The average Bonchev–Trinajstić information content (AvgIpc) is 3.63. The Balaban J connectivity index is 1.49. The maximum atomic E-state index is 13.7. The zero-order valence-corrected chi connectivity index (χ0v) is 25.1. The van der Waals surface area contributed by atoms with Gasteiger partial charge in [0.05, 0.1) is 39.0 Å². The average molecular weight is 551 g/mol. The Morgan fingerprint density at radius 2 is 2.08 bits per heavy atom. The first kappa shape index (κ1) is 26.4. The highest BCUT2D eigenvalue weighted by Gasteiger charge is 2.47. The van der Waals surface area contributed by atoms with Crippen LogP contribution in [-0.2, 0) is 15.6 Å². The van der Waals surface area contributed by atoms with Crippen LogP contribution in [0.1, 0.15) is 46.3 Å². The van der Waals surface area contributed by atoms with Crippen LogP contribution >= 0.6 is 0 Å². The van der Waals surface area contributed by atoms with E-state index in [1.165, 1.54) is 0 Å². The van der Waals surface area contributed by atoms with Crippen LogP contribution in [0, 0.1) is 6.92 Å². The number of amides is 1. The van der Waals surface area contributed by atoms with Crippen LogP contribution < -0.4 is 14.8 Å². The third kappa shape index (κ3) is 5.20. The first-order valence-electron chi connectivity index (χ1n) is 12.8. The number of likely N-dealkylation sites (tertiary alicyclic amines) is 1. The lowest BCUT2D eigenvalue weighted by atomic mass is 9.95. The first-order chi connectivity index (χ1) is 18.0. The van der Waals surface area contributed by atoms with Crippen molar-refractivity contribution in [3.05, 3.63) is 71.4 Å². The number of aryl methyl sites for hydroxylation is 1. The number of rotatable bonds is 9. The topological polar surface area (TPSA) is 101 Å². The predicted octanol–water partition coefficient (Wildman–Crippen LogP) is 2.75. The number of pyridine rings is 1. The van der Waals surface area contributed by atoms with Crippen molar-refractivity contribution in [1.29, 1.82) is 0 Å². The fraction of sp³-hybridized carbons (Fsp3) is 0.357. The molecule has 10 heteroatoms. The zero-order chi connectivity index (χ0) is 27.2. The van der Waals surface area contributed by atoms with Gasteiger partial charge in [0.25, 0.3) is 5.91 Å². The van der Waals surface area contributed by atoms with Gasteiger partial charge in [0.1, 0.15) is 5.75 Å². The van der Waals surface area contributed by atoms with Gasteiger partial charge in [-0.05, 0) is 86.8 Å². The Morgan fingerprint density at radius 1 is 1.32 bits per heavy atom. The summed E-state index contributed by atoms with van der Waals surface area (Å²) >= 11 is 0. The minimum Gasteiger partial charge on any atom is -0.491 e. The van der Waals surface area contributed by atoms with E-state index in [4.69, 9.17) is 4.74 Å². The van der Waals surface area contributed by atoms with Gasteiger partial charge in [0.2, 0.25) is 10.0 Å². The molecule has 1 saturated heterocycles. The highest BCUT2D eigenvalue weighted by Crippen LogP contribution is 2.48. The number of likely N-dealkylation sites (N-methyl/N-ethyl adjacent to an activating group) is 1. The summed E-state index contributed by atoms with van der Waals surface area (Å²) in [5.74, 6) is 0.155. The molecule has 0 radical (unpaired) electrons. The van der Waals surface area contributed by atoms with Crippen molar-refractivity contribution in [3.63, 3.8) is 0 Å². The molecule has 0 spiro atoms. The van der Waals surface area contributed by atoms with E-state index >= 15 is 0 Å². The van der Waals surface area contributed by atoms with Crippen molar-refractivity contribution in [2.24, 2.45) is 0 Å². The van der Waals surface area contributed by atoms with Crippen molar-refractivity contribution in [1.82, 2.24) is 15.2 Å². The van der Waals surface area contributed by atoms with Gasteiger partial charge in [-0.15, -0.1) is 0 Å². The van der Waals surface area contributed by atoms with Crippen LogP contribution in [0.25, 0.3) is 17.0 Å². The summed E-state index contributed by atoms with van der Waals surface area (Å²) < 4.78 is 33.0. The Labute approximate surface area is 226 Å². The van der Waals surface area contributed by atoms with Crippen molar-refractivity contribution < 1.29 is 17.9 Å². The monoisotopic (exact) mass is 550 g/mol. The molecule has 2 N–H and O–H groups in total. The molecule has 0 bridgehead atoms. The van der Waals surface area contributed by atoms with Crippen LogP contribution in [0.3, 0.4) is 0 Å². The molecule has 2 heterocycles. The van der Waals surface area contributed by atoms with Gasteiger partial charge in [-0.1, -0.05) is 18.7 Å². The van der Waals surface area contributed by atoms with Gasteiger partial charge >= 0.3 is 0 Å². The zero-order valence-electron chi connectivity index (χ0n) is 22.2. The van der Waals surface area contributed by atoms with E-state index in [1.807, 2.05) is 18.2 Å². The number of carbonyl (C=O) groups excluding carboxylic acids is 1. The SMILES string of the molecule is C=Cc1cc(C2(NC(=O)c3cc(O[C@@H]([SiH3])[C@@H]4CCN4C)c(NS(C)(=O)=O)cc3C)CC2)c2cccnc2c1. The second-order valence-electron chi connectivity index (χ2n) is 10.6. The van der Waals surface area contributed by atoms with Crippen LogP contribution in [0.5, 0.6) is 5.75 Å². The summed E-state index contributed by atoms with van der Waals surface area (Å²) in [6, 6.07) is 11.7. The second-order valence-corrected chi connectivity index (χ2v) is 13.5. The molecule has 5 rings (SSSR count). The second kappa shape index (κ2) is 9.83. The van der Waals surface area contributed by atoms with Gasteiger partial charge in [-0.25, -0.2) is 8.42 Å². The summed E-state index contributed by atoms with van der Waals surface area (Å²) in [5, 5.41) is 4.30. The molecule has 8 nitrogen and oxygen atoms in total. The van der Waals surface area contributed by atoms with E-state index in [0.29, 0.717) is 28.6 Å². The molecular weight excluding hydrogens is 516 g/mol. The standard InChI is InChI=1S/C28H34N4O4SSi/c1-5-18-14-21(19-7-6-11-29-22(19)15-18)28(9-10-28)30-26(33)20-16-25(36-27(38)24-8-12-32(24)3)23(13-17(20)2)31-37(4,34)35/h5-7,11,13-16,24,27,31H,1,8-10,12H2,2-4,38H3,(H,30,33)/t24-,27-/m0/s1. The number of hydrogen-bond acceptors (Lipinski definition) is 6. The molecule has 1 aliphatic carbocycles. The van der Waals surface area contributed by atoms with Crippen molar-refractivity contribution >= 4 is 48.8 Å². The van der Waals surface area contributed by atoms with Crippen LogP contribution in [0.4, 0.5) is 5.69 Å². The molecule has 0 unspecified atom stereocenters. The smallest absolute Gasteiger partial charge is 0.252 e. The molecule has 2 fully saturated rings. The molecule has 2 aliphatic rings. The summed E-state index contributed by atoms with van der Waals surface area (Å²) in [6.45, 7) is 6.74. The number of nitrogens with zero attached hydrogens (tertiary/aromatic N) is 2. The minimum absolute atomic E-state index is 0.0391. The molecule has 1 amide bonds. The maximum absolute atomic E-state index is 13.7. The van der Waals surface area contributed by atoms with Crippen LogP contribution in [0.2, 0.25) is 0 Å². The van der Waals surface area contributed by atoms with Gasteiger partial charge < -0.3 is 15.0 Å². The van der Waals surface area contributed by atoms with Crippen molar-refractivity contribution in [3.8, 4) is 5.75 Å². The lowest BCUT2D eigenvalue weighted by Crippen LogP contribution is -2.54. The van der Waals surface area contributed by atoms with Crippen molar-refractivity contribution in [2.75, 3.05) is 24.6 Å². The number of hydrogen-bond donors (Lipinski definition) is 2. The Morgan fingerprint density at radius 3 is 2.68 bits per heavy atom. The summed E-state index contributed by atoms with van der Waals surface area (Å²) in [4.78, 5) is 20.5. The van der Waals surface area contributed by atoms with E-state index in [1.54, 1.807) is 31.3 Å². The maximum Gasteiger partial charge on any atom is 0.252 e. The highest BCUT2D eigenvalue weighted by atomic mass is 32.2. The molecule has 38 heavy (non-hydrogen) atoms. The molecule has 3 aromatic rings. The highest BCUT2D eigenvalue weighted by molar-refractivity contribution is 7.92. The number of nitrogens with one attached hydrogen (secondary N) is 2. The number of benzene rings is 2. The molecule has 1 saturated carbocycles. The van der Waals surface area contributed by atoms with Gasteiger partial charge in [-0.3, -0.25) is 14.5 Å². The number of ether oxygens (including phenoxy) is 1. The van der Waals surface area contributed by atoms with Crippen LogP contribution in [0.15, 0.2) is 49.2 Å². The fourth-order valence-electron chi connectivity index (χ4n) is 5.31. The third-order valence-corrected chi connectivity index (χ3v) is 9.26. The number of carbonyl (C=O) groups is 1. The molecule has 1 aromatic heterocycles. The first-order valence-corrected chi connectivity index (χ1v) is 15.9. The normalized spacial score (nSPS) is 19.4. The number of sulfonamides is 1. The number of fused-ring (bicyclic) bond motifs is 1. The molecular formula is C28H34N4O4SSi. The van der Waals surface area contributed by atoms with Gasteiger partial charge in [0, 0.05) is 23.2 Å². The van der Waals surface area contributed by atoms with E-state index in [-0.39, 0.29) is 11.6 Å². The van der Waals surface area contributed by atoms with E-state index in [2.05, 4.69) is 39.6 Å². The van der Waals surface area contributed by atoms with Gasteiger partial charge in [-0.2, -0.15) is 0 Å². The minimum atomic E-state index is -3.53. The summed E-state index contributed by atoms with van der Waals surface area (Å²) in [7, 11) is -0.716. The van der Waals surface area contributed by atoms with Crippen molar-refractivity contribution in [2.45, 2.75) is 43.5 Å².